The number of methoxy groups -OCH3 is 3. The predicted molar refractivity (Wildman–Crippen MR) is 69.5 cm³/mol. The van der Waals surface area contributed by atoms with Crippen molar-refractivity contribution in [2.45, 2.75) is 13.0 Å². The number of rotatable bonds is 7. The van der Waals surface area contributed by atoms with Crippen molar-refractivity contribution in [2.75, 3.05) is 34.5 Å². The molecule has 0 amide bonds. The van der Waals surface area contributed by atoms with Crippen molar-refractivity contribution in [3.8, 4) is 17.2 Å². The van der Waals surface area contributed by atoms with E-state index in [-0.39, 0.29) is 6.10 Å². The van der Waals surface area contributed by atoms with Crippen molar-refractivity contribution < 1.29 is 18.9 Å². The Morgan fingerprint density at radius 1 is 1.00 bits per heavy atom. The van der Waals surface area contributed by atoms with Crippen LogP contribution in [-0.2, 0) is 4.74 Å². The second-order valence-corrected chi connectivity index (χ2v) is 3.63. The Morgan fingerprint density at radius 3 is 2.00 bits per heavy atom. The Balaban J connectivity index is 3.23. The van der Waals surface area contributed by atoms with Crippen LogP contribution in [0.25, 0.3) is 0 Å². The molecule has 102 valence electrons. The molecule has 5 heteroatoms. The molecule has 0 aliphatic rings. The molecule has 0 aliphatic carbocycles. The lowest BCUT2D eigenvalue weighted by molar-refractivity contribution is 0.0667. The minimum atomic E-state index is -0.218. The zero-order chi connectivity index (χ0) is 13.5. The number of ether oxygens (including phenoxy) is 4. The summed E-state index contributed by atoms with van der Waals surface area (Å²) >= 11 is 0. The van der Waals surface area contributed by atoms with Crippen LogP contribution in [0.4, 0.5) is 0 Å². The van der Waals surface area contributed by atoms with E-state index in [1.54, 1.807) is 27.4 Å². The summed E-state index contributed by atoms with van der Waals surface area (Å²) in [4.78, 5) is 0. The van der Waals surface area contributed by atoms with Gasteiger partial charge in [-0.05, 0) is 13.0 Å². The van der Waals surface area contributed by atoms with E-state index in [2.05, 4.69) is 0 Å². The quantitative estimate of drug-likeness (QED) is 0.804. The van der Waals surface area contributed by atoms with Crippen LogP contribution in [-0.4, -0.2) is 34.5 Å². The van der Waals surface area contributed by atoms with Crippen LogP contribution in [0.2, 0.25) is 0 Å². The smallest absolute Gasteiger partial charge is 0.164 e. The highest BCUT2D eigenvalue weighted by Crippen LogP contribution is 2.38. The zero-order valence-electron chi connectivity index (χ0n) is 11.4. The molecule has 5 nitrogen and oxygen atoms in total. The molecule has 1 unspecified atom stereocenters. The highest BCUT2D eigenvalue weighted by molar-refractivity contribution is 5.51. The van der Waals surface area contributed by atoms with Crippen molar-refractivity contribution in [3.63, 3.8) is 0 Å². The predicted octanol–water partition coefficient (Wildman–Crippen LogP) is 1.75. The fourth-order valence-corrected chi connectivity index (χ4v) is 1.79. The van der Waals surface area contributed by atoms with E-state index in [1.807, 2.05) is 13.0 Å². The highest BCUT2D eigenvalue weighted by Gasteiger charge is 2.19. The van der Waals surface area contributed by atoms with Gasteiger partial charge in [0.1, 0.15) is 5.75 Å². The van der Waals surface area contributed by atoms with Gasteiger partial charge in [-0.2, -0.15) is 0 Å². The van der Waals surface area contributed by atoms with Crippen LogP contribution in [0, 0.1) is 0 Å². The minimum Gasteiger partial charge on any atom is -0.496 e. The van der Waals surface area contributed by atoms with Crippen LogP contribution in [0.5, 0.6) is 17.2 Å². The van der Waals surface area contributed by atoms with Crippen molar-refractivity contribution in [2.24, 2.45) is 5.73 Å². The first-order valence-electron chi connectivity index (χ1n) is 5.83. The molecule has 0 aliphatic heterocycles. The molecule has 0 saturated heterocycles. The van der Waals surface area contributed by atoms with Crippen LogP contribution >= 0.6 is 0 Å². The fraction of sp³-hybridized carbons (Fsp3) is 0.538. The van der Waals surface area contributed by atoms with Gasteiger partial charge in [0.2, 0.25) is 0 Å². The number of hydrogen-bond acceptors (Lipinski definition) is 5. The lowest BCUT2D eigenvalue weighted by Gasteiger charge is -2.20. The van der Waals surface area contributed by atoms with Crippen LogP contribution in [0.3, 0.4) is 0 Å². The van der Waals surface area contributed by atoms with E-state index in [0.29, 0.717) is 30.4 Å². The molecular weight excluding hydrogens is 234 g/mol. The molecule has 0 aromatic heterocycles. The maximum Gasteiger partial charge on any atom is 0.164 e. The van der Waals surface area contributed by atoms with Gasteiger partial charge < -0.3 is 24.7 Å². The molecule has 1 aromatic carbocycles. The molecule has 0 spiro atoms. The lowest BCUT2D eigenvalue weighted by atomic mass is 10.1. The molecule has 0 bridgehead atoms. The summed E-state index contributed by atoms with van der Waals surface area (Å²) in [5, 5.41) is 0. The Kier molecular flexibility index (Phi) is 5.74. The zero-order valence-corrected chi connectivity index (χ0v) is 11.4. The Hall–Kier alpha value is -1.46. The molecule has 0 heterocycles. The van der Waals surface area contributed by atoms with Gasteiger partial charge in [-0.15, -0.1) is 0 Å². The summed E-state index contributed by atoms with van der Waals surface area (Å²) in [6.07, 6.45) is -0.218. The first-order valence-corrected chi connectivity index (χ1v) is 5.83. The number of nitrogens with two attached hydrogens (primary N) is 1. The average Bonchev–Trinajstić information content (AvgIpc) is 2.43. The van der Waals surface area contributed by atoms with Crippen molar-refractivity contribution in [1.29, 1.82) is 0 Å². The lowest BCUT2D eigenvalue weighted by Crippen LogP contribution is -2.17. The third-order valence-electron chi connectivity index (χ3n) is 2.66. The van der Waals surface area contributed by atoms with Crippen molar-refractivity contribution in [1.82, 2.24) is 0 Å². The van der Waals surface area contributed by atoms with Crippen molar-refractivity contribution in [3.05, 3.63) is 17.7 Å². The molecule has 0 fully saturated rings. The second-order valence-electron chi connectivity index (χ2n) is 3.63. The highest BCUT2D eigenvalue weighted by atomic mass is 16.5. The van der Waals surface area contributed by atoms with Gasteiger partial charge in [-0.3, -0.25) is 0 Å². The van der Waals surface area contributed by atoms with E-state index in [9.17, 15) is 0 Å². The van der Waals surface area contributed by atoms with Gasteiger partial charge in [-0.25, -0.2) is 0 Å². The van der Waals surface area contributed by atoms with Gasteiger partial charge in [0.15, 0.2) is 11.5 Å². The molecule has 0 saturated carbocycles. The van der Waals surface area contributed by atoms with Gasteiger partial charge >= 0.3 is 0 Å². The van der Waals surface area contributed by atoms with E-state index in [1.165, 1.54) is 0 Å². The molecule has 18 heavy (non-hydrogen) atoms. The monoisotopic (exact) mass is 255 g/mol. The third kappa shape index (κ3) is 3.05. The van der Waals surface area contributed by atoms with Gasteiger partial charge in [-0.1, -0.05) is 0 Å². The molecule has 1 atom stereocenters. The average molecular weight is 255 g/mol. The maximum atomic E-state index is 5.72. The third-order valence-corrected chi connectivity index (χ3v) is 2.66. The van der Waals surface area contributed by atoms with E-state index in [0.717, 1.165) is 5.56 Å². The van der Waals surface area contributed by atoms with Crippen molar-refractivity contribution >= 4 is 0 Å². The summed E-state index contributed by atoms with van der Waals surface area (Å²) in [6, 6.07) is 3.61. The SMILES string of the molecule is CCOC(CN)c1cc(OC)c(OC)cc1OC. The number of benzene rings is 1. The number of hydrogen-bond donors (Lipinski definition) is 1. The van der Waals surface area contributed by atoms with Gasteiger partial charge in [0.05, 0.1) is 27.4 Å². The Labute approximate surface area is 108 Å². The van der Waals surface area contributed by atoms with E-state index < -0.39 is 0 Å². The molecule has 1 rings (SSSR count). The van der Waals surface area contributed by atoms with Crippen LogP contribution < -0.4 is 19.9 Å². The summed E-state index contributed by atoms with van der Waals surface area (Å²) in [6.45, 7) is 2.88. The van der Waals surface area contributed by atoms with E-state index in [4.69, 9.17) is 24.7 Å². The molecule has 2 N–H and O–H groups in total. The van der Waals surface area contributed by atoms with Gasteiger partial charge in [0.25, 0.3) is 0 Å². The summed E-state index contributed by atoms with van der Waals surface area (Å²) < 4.78 is 21.4. The Morgan fingerprint density at radius 2 is 1.56 bits per heavy atom. The summed E-state index contributed by atoms with van der Waals surface area (Å²) in [7, 11) is 4.77. The minimum absolute atomic E-state index is 0.218. The van der Waals surface area contributed by atoms with Crippen LogP contribution in [0.1, 0.15) is 18.6 Å². The normalized spacial score (nSPS) is 12.1. The molecule has 0 radical (unpaired) electrons. The maximum absolute atomic E-state index is 5.72. The fourth-order valence-electron chi connectivity index (χ4n) is 1.79. The van der Waals surface area contributed by atoms with E-state index >= 15 is 0 Å². The second kappa shape index (κ2) is 7.08. The largest absolute Gasteiger partial charge is 0.496 e. The first-order chi connectivity index (χ1) is 8.71. The molecule has 1 aromatic rings. The topological polar surface area (TPSA) is 62.9 Å². The summed E-state index contributed by atoms with van der Waals surface area (Å²) in [5.41, 5.74) is 6.58. The van der Waals surface area contributed by atoms with Gasteiger partial charge in [0, 0.05) is 24.8 Å². The molecular formula is C13H21NO4. The standard InChI is InChI=1S/C13H21NO4/c1-5-18-13(8-14)9-6-11(16-3)12(17-4)7-10(9)15-2/h6-7,13H,5,8,14H2,1-4H3. The summed E-state index contributed by atoms with van der Waals surface area (Å²) in [5.74, 6) is 1.92. The van der Waals surface area contributed by atoms with Crippen LogP contribution in [0.15, 0.2) is 12.1 Å². The first kappa shape index (κ1) is 14.6. The Bertz CT molecular complexity index is 381.